The van der Waals surface area contributed by atoms with E-state index in [-0.39, 0.29) is 11.9 Å². The molecule has 0 spiro atoms. The molecule has 1 aromatic carbocycles. The summed E-state index contributed by atoms with van der Waals surface area (Å²) in [7, 11) is 1.71. The fourth-order valence-electron chi connectivity index (χ4n) is 3.47. The van der Waals surface area contributed by atoms with Crippen molar-refractivity contribution in [3.8, 4) is 5.75 Å². The van der Waals surface area contributed by atoms with Gasteiger partial charge in [-0.2, -0.15) is 0 Å². The molecule has 1 aromatic rings. The average molecular weight is 362 g/mol. The molecular weight excluding hydrogens is 326 g/mol. The van der Waals surface area contributed by atoms with Crippen LogP contribution in [0.15, 0.2) is 24.3 Å². The summed E-state index contributed by atoms with van der Waals surface area (Å²) in [5, 5.41) is 3.15. The van der Waals surface area contributed by atoms with Crippen LogP contribution < -0.4 is 15.0 Å². The van der Waals surface area contributed by atoms with E-state index in [0.29, 0.717) is 6.54 Å². The molecule has 2 rings (SSSR count). The van der Waals surface area contributed by atoms with Crippen LogP contribution in [0.5, 0.6) is 5.75 Å². The van der Waals surface area contributed by atoms with Gasteiger partial charge in [0.15, 0.2) is 0 Å². The third-order valence-corrected chi connectivity index (χ3v) is 4.99. The molecule has 0 aliphatic carbocycles. The number of nitrogens with zero attached hydrogens (tertiary/aromatic N) is 2. The molecule has 5 nitrogen and oxygen atoms in total. The third kappa shape index (κ3) is 6.52. The summed E-state index contributed by atoms with van der Waals surface area (Å²) in [6, 6.07) is 8.38. The van der Waals surface area contributed by atoms with Crippen molar-refractivity contribution in [2.75, 3.05) is 44.7 Å². The number of hydrogen-bond acceptors (Lipinski definition) is 4. The second-order valence-corrected chi connectivity index (χ2v) is 7.73. The van der Waals surface area contributed by atoms with Crippen LogP contribution in [-0.4, -0.2) is 56.7 Å². The van der Waals surface area contributed by atoms with Gasteiger partial charge in [0, 0.05) is 32.2 Å². The number of amides is 1. The first-order chi connectivity index (χ1) is 12.5. The summed E-state index contributed by atoms with van der Waals surface area (Å²) < 4.78 is 5.46. The van der Waals surface area contributed by atoms with Gasteiger partial charge in [0.25, 0.3) is 0 Å². The van der Waals surface area contributed by atoms with E-state index in [2.05, 4.69) is 42.0 Å². The Labute approximate surface area is 158 Å². The normalized spacial score (nSPS) is 16.6. The molecule has 1 N–H and O–H groups in total. The molecule has 1 fully saturated rings. The maximum Gasteiger partial charge on any atom is 0.234 e. The quantitative estimate of drug-likeness (QED) is 0.734. The number of hydrogen-bond donors (Lipinski definition) is 1. The fourth-order valence-corrected chi connectivity index (χ4v) is 3.47. The van der Waals surface area contributed by atoms with Crippen LogP contribution in [0.25, 0.3) is 0 Å². The smallest absolute Gasteiger partial charge is 0.234 e. The van der Waals surface area contributed by atoms with E-state index < -0.39 is 0 Å². The highest BCUT2D eigenvalue weighted by atomic mass is 16.5. The standard InChI is InChI=1S/C21H35N3O2/c1-17(2)8-7-9-18(3)22-21(25)16-23-12-14-24(15-13-23)19-10-5-6-11-20(19)26-4/h5-6,10-11,17-18H,7-9,12-16H2,1-4H3,(H,22,25)/t18-/m0/s1. The summed E-state index contributed by atoms with van der Waals surface area (Å²) in [6.07, 6.45) is 3.47. The van der Waals surface area contributed by atoms with Gasteiger partial charge in [-0.25, -0.2) is 0 Å². The van der Waals surface area contributed by atoms with E-state index in [1.807, 2.05) is 18.2 Å². The highest BCUT2D eigenvalue weighted by Gasteiger charge is 2.21. The van der Waals surface area contributed by atoms with E-state index in [1.165, 1.54) is 12.8 Å². The van der Waals surface area contributed by atoms with Gasteiger partial charge in [-0.15, -0.1) is 0 Å². The molecule has 1 amide bonds. The Morgan fingerprint density at radius 2 is 1.81 bits per heavy atom. The van der Waals surface area contributed by atoms with E-state index in [1.54, 1.807) is 7.11 Å². The van der Waals surface area contributed by atoms with Gasteiger partial charge in [0.1, 0.15) is 5.75 Å². The zero-order chi connectivity index (χ0) is 18.9. The van der Waals surface area contributed by atoms with Crippen molar-refractivity contribution in [3.63, 3.8) is 0 Å². The molecule has 1 atom stereocenters. The number of piperazine rings is 1. The number of benzene rings is 1. The summed E-state index contributed by atoms with van der Waals surface area (Å²) in [5.41, 5.74) is 1.14. The number of ether oxygens (including phenoxy) is 1. The van der Waals surface area contributed by atoms with Crippen LogP contribution in [0.3, 0.4) is 0 Å². The van der Waals surface area contributed by atoms with Crippen molar-refractivity contribution in [2.24, 2.45) is 5.92 Å². The van der Waals surface area contributed by atoms with E-state index in [9.17, 15) is 4.79 Å². The lowest BCUT2D eigenvalue weighted by atomic mass is 10.0. The second kappa shape index (κ2) is 10.4. The average Bonchev–Trinajstić information content (AvgIpc) is 2.62. The Hall–Kier alpha value is -1.75. The zero-order valence-corrected chi connectivity index (χ0v) is 16.8. The minimum absolute atomic E-state index is 0.146. The Morgan fingerprint density at radius 3 is 2.46 bits per heavy atom. The van der Waals surface area contributed by atoms with E-state index >= 15 is 0 Å². The third-order valence-electron chi connectivity index (χ3n) is 4.99. The number of nitrogens with one attached hydrogen (secondary N) is 1. The van der Waals surface area contributed by atoms with Crippen LogP contribution in [0.2, 0.25) is 0 Å². The predicted octanol–water partition coefficient (Wildman–Crippen LogP) is 3.15. The summed E-state index contributed by atoms with van der Waals surface area (Å²) in [5.74, 6) is 1.79. The number of methoxy groups -OCH3 is 1. The molecule has 1 saturated heterocycles. The second-order valence-electron chi connectivity index (χ2n) is 7.73. The molecule has 1 aliphatic heterocycles. The van der Waals surface area contributed by atoms with Crippen LogP contribution in [0.1, 0.15) is 40.0 Å². The summed E-state index contributed by atoms with van der Waals surface area (Å²) in [6.45, 7) is 10.7. The Morgan fingerprint density at radius 1 is 1.12 bits per heavy atom. The SMILES string of the molecule is COc1ccccc1N1CCN(CC(=O)N[C@@H](C)CCCC(C)C)CC1. The van der Waals surface area contributed by atoms with Crippen LogP contribution >= 0.6 is 0 Å². The Balaban J connectivity index is 1.72. The summed E-state index contributed by atoms with van der Waals surface area (Å²) in [4.78, 5) is 16.9. The lowest BCUT2D eigenvalue weighted by Gasteiger charge is -2.36. The molecule has 26 heavy (non-hydrogen) atoms. The van der Waals surface area contributed by atoms with Gasteiger partial charge in [0.2, 0.25) is 5.91 Å². The molecule has 1 heterocycles. The number of carbonyl (C=O) groups excluding carboxylic acids is 1. The predicted molar refractivity (Wildman–Crippen MR) is 108 cm³/mol. The van der Waals surface area contributed by atoms with E-state index in [0.717, 1.165) is 50.0 Å². The minimum atomic E-state index is 0.146. The zero-order valence-electron chi connectivity index (χ0n) is 16.8. The van der Waals surface area contributed by atoms with Gasteiger partial charge < -0.3 is 15.0 Å². The van der Waals surface area contributed by atoms with Crippen LogP contribution in [-0.2, 0) is 4.79 Å². The molecule has 146 valence electrons. The van der Waals surface area contributed by atoms with Crippen molar-refractivity contribution in [3.05, 3.63) is 24.3 Å². The molecule has 0 bridgehead atoms. The molecule has 0 radical (unpaired) electrons. The fraction of sp³-hybridized carbons (Fsp3) is 0.667. The van der Waals surface area contributed by atoms with Crippen molar-refractivity contribution in [2.45, 2.75) is 46.1 Å². The number of rotatable bonds is 9. The lowest BCUT2D eigenvalue weighted by Crippen LogP contribution is -2.50. The highest BCUT2D eigenvalue weighted by Crippen LogP contribution is 2.28. The van der Waals surface area contributed by atoms with Gasteiger partial charge in [-0.05, 0) is 31.4 Å². The molecule has 0 unspecified atom stereocenters. The first-order valence-electron chi connectivity index (χ1n) is 9.89. The van der Waals surface area contributed by atoms with Crippen molar-refractivity contribution in [1.82, 2.24) is 10.2 Å². The van der Waals surface area contributed by atoms with Crippen molar-refractivity contribution in [1.29, 1.82) is 0 Å². The Bertz CT molecular complexity index is 554. The van der Waals surface area contributed by atoms with Crippen molar-refractivity contribution < 1.29 is 9.53 Å². The van der Waals surface area contributed by atoms with Gasteiger partial charge in [0.05, 0.1) is 19.3 Å². The van der Waals surface area contributed by atoms with Crippen LogP contribution in [0, 0.1) is 5.92 Å². The first-order valence-corrected chi connectivity index (χ1v) is 9.89. The summed E-state index contributed by atoms with van der Waals surface area (Å²) >= 11 is 0. The molecule has 0 saturated carbocycles. The molecule has 1 aliphatic rings. The highest BCUT2D eigenvalue weighted by molar-refractivity contribution is 5.78. The number of para-hydroxylation sites is 2. The lowest BCUT2D eigenvalue weighted by molar-refractivity contribution is -0.123. The molecule has 5 heteroatoms. The van der Waals surface area contributed by atoms with Gasteiger partial charge >= 0.3 is 0 Å². The Kier molecular flexibility index (Phi) is 8.23. The maximum absolute atomic E-state index is 12.3. The minimum Gasteiger partial charge on any atom is -0.495 e. The van der Waals surface area contributed by atoms with E-state index in [4.69, 9.17) is 4.74 Å². The van der Waals surface area contributed by atoms with Gasteiger partial charge in [-0.1, -0.05) is 38.8 Å². The molecule has 0 aromatic heterocycles. The first kappa shape index (κ1) is 20.6. The number of anilines is 1. The topological polar surface area (TPSA) is 44.8 Å². The molecular formula is C21H35N3O2. The largest absolute Gasteiger partial charge is 0.495 e. The van der Waals surface area contributed by atoms with Crippen molar-refractivity contribution >= 4 is 11.6 Å². The van der Waals surface area contributed by atoms with Gasteiger partial charge in [-0.3, -0.25) is 9.69 Å². The maximum atomic E-state index is 12.3. The number of carbonyl (C=O) groups is 1. The monoisotopic (exact) mass is 361 g/mol. The van der Waals surface area contributed by atoms with Crippen LogP contribution in [0.4, 0.5) is 5.69 Å².